The minimum atomic E-state index is -3.35. The first-order valence-electron chi connectivity index (χ1n) is 9.74. The molecule has 2 aromatic carbocycles. The maximum atomic E-state index is 12.5. The summed E-state index contributed by atoms with van der Waals surface area (Å²) in [5.74, 6) is -0.147. The van der Waals surface area contributed by atoms with Gasteiger partial charge in [-0.2, -0.15) is 0 Å². The minimum Gasteiger partial charge on any atom is -0.350 e. The van der Waals surface area contributed by atoms with Crippen molar-refractivity contribution in [1.82, 2.24) is 14.6 Å². The van der Waals surface area contributed by atoms with E-state index < -0.39 is 10.0 Å². The Kier molecular flexibility index (Phi) is 7.00. The molecule has 160 valence electrons. The largest absolute Gasteiger partial charge is 0.350 e. The predicted molar refractivity (Wildman–Crippen MR) is 124 cm³/mol. The van der Waals surface area contributed by atoms with Gasteiger partial charge in [-0.15, -0.1) is 0 Å². The molecule has 0 unspecified atom stereocenters. The maximum absolute atomic E-state index is 12.5. The summed E-state index contributed by atoms with van der Waals surface area (Å²) in [6, 6.07) is 15.1. The van der Waals surface area contributed by atoms with Crippen LogP contribution in [0.4, 0.5) is 0 Å². The van der Waals surface area contributed by atoms with E-state index in [4.69, 9.17) is 0 Å². The first-order chi connectivity index (χ1) is 14.2. The summed E-state index contributed by atoms with van der Waals surface area (Å²) in [5.41, 5.74) is 3.64. The SMILES string of the molecule is Cc1c(Br)c2ccccc2n1CC(=O)NCc1ccc(CS(=O)(=O)NC(C)C)cc1. The third kappa shape index (κ3) is 5.50. The van der Waals surface area contributed by atoms with Gasteiger partial charge in [0.05, 0.1) is 5.75 Å². The molecule has 8 heteroatoms. The van der Waals surface area contributed by atoms with E-state index in [1.807, 2.05) is 47.9 Å². The molecule has 0 spiro atoms. The number of nitrogens with one attached hydrogen (secondary N) is 2. The van der Waals surface area contributed by atoms with Gasteiger partial charge in [0.1, 0.15) is 6.54 Å². The molecule has 0 aliphatic carbocycles. The van der Waals surface area contributed by atoms with Crippen LogP contribution in [0.1, 0.15) is 30.7 Å². The van der Waals surface area contributed by atoms with E-state index in [0.717, 1.165) is 26.6 Å². The third-order valence-corrected chi connectivity index (χ3v) is 7.29. The second-order valence-electron chi connectivity index (χ2n) is 7.63. The van der Waals surface area contributed by atoms with Gasteiger partial charge in [-0.1, -0.05) is 42.5 Å². The summed E-state index contributed by atoms with van der Waals surface area (Å²) >= 11 is 3.61. The first kappa shape index (κ1) is 22.5. The highest BCUT2D eigenvalue weighted by molar-refractivity contribution is 9.10. The number of halogens is 1. The lowest BCUT2D eigenvalue weighted by Crippen LogP contribution is -2.31. The van der Waals surface area contributed by atoms with E-state index in [-0.39, 0.29) is 24.2 Å². The summed E-state index contributed by atoms with van der Waals surface area (Å²) < 4.78 is 29.6. The van der Waals surface area contributed by atoms with Crippen LogP contribution in [0.3, 0.4) is 0 Å². The highest BCUT2D eigenvalue weighted by Gasteiger charge is 2.15. The van der Waals surface area contributed by atoms with Crippen LogP contribution in [-0.4, -0.2) is 24.9 Å². The van der Waals surface area contributed by atoms with Crippen molar-refractivity contribution < 1.29 is 13.2 Å². The third-order valence-electron chi connectivity index (χ3n) is 4.74. The Hall–Kier alpha value is -2.16. The molecule has 0 saturated heterocycles. The zero-order valence-corrected chi connectivity index (χ0v) is 19.7. The van der Waals surface area contributed by atoms with Crippen molar-refractivity contribution in [2.75, 3.05) is 0 Å². The van der Waals surface area contributed by atoms with Crippen molar-refractivity contribution in [3.05, 3.63) is 69.8 Å². The van der Waals surface area contributed by atoms with Crippen LogP contribution in [0, 0.1) is 6.92 Å². The quantitative estimate of drug-likeness (QED) is 0.501. The standard InChI is InChI=1S/C22H26BrN3O3S/c1-15(2)25-30(28,29)14-18-10-8-17(9-11-18)12-24-21(27)13-26-16(3)22(23)19-6-4-5-7-20(19)26/h4-11,15,25H,12-14H2,1-3H3,(H,24,27). The Balaban J connectivity index is 1.60. The van der Waals surface area contributed by atoms with Gasteiger partial charge in [0.2, 0.25) is 15.9 Å². The van der Waals surface area contributed by atoms with Crippen molar-refractivity contribution in [3.8, 4) is 0 Å². The zero-order chi connectivity index (χ0) is 21.9. The monoisotopic (exact) mass is 491 g/mol. The first-order valence-corrected chi connectivity index (χ1v) is 12.2. The van der Waals surface area contributed by atoms with Gasteiger partial charge in [-0.25, -0.2) is 13.1 Å². The van der Waals surface area contributed by atoms with E-state index in [9.17, 15) is 13.2 Å². The number of para-hydroxylation sites is 1. The fourth-order valence-electron chi connectivity index (χ4n) is 3.37. The van der Waals surface area contributed by atoms with Crippen LogP contribution >= 0.6 is 15.9 Å². The smallest absolute Gasteiger partial charge is 0.240 e. The number of hydrogen-bond acceptors (Lipinski definition) is 3. The van der Waals surface area contributed by atoms with Crippen LogP contribution in [-0.2, 0) is 33.7 Å². The molecule has 0 atom stereocenters. The molecule has 0 aliphatic heterocycles. The molecule has 3 aromatic rings. The second-order valence-corrected chi connectivity index (χ2v) is 10.2. The van der Waals surface area contributed by atoms with Crippen LogP contribution in [0.25, 0.3) is 10.9 Å². The molecule has 30 heavy (non-hydrogen) atoms. The van der Waals surface area contributed by atoms with Crippen LogP contribution in [0.2, 0.25) is 0 Å². The number of sulfonamides is 1. The summed E-state index contributed by atoms with van der Waals surface area (Å²) in [4.78, 5) is 12.5. The predicted octanol–water partition coefficient (Wildman–Crippen LogP) is 3.86. The second kappa shape index (κ2) is 9.32. The topological polar surface area (TPSA) is 80.2 Å². The average Bonchev–Trinajstić information content (AvgIpc) is 2.91. The Morgan fingerprint density at radius 1 is 1.07 bits per heavy atom. The Bertz CT molecular complexity index is 1150. The Labute approximate surface area is 185 Å². The van der Waals surface area contributed by atoms with Gasteiger partial charge in [0.25, 0.3) is 0 Å². The molecule has 0 bridgehead atoms. The number of rotatable bonds is 8. The summed E-state index contributed by atoms with van der Waals surface area (Å²) in [6.45, 7) is 6.18. The minimum absolute atomic E-state index is 0.0628. The number of benzene rings is 2. The molecule has 1 amide bonds. The van der Waals surface area contributed by atoms with Gasteiger partial charge in [0, 0.05) is 33.7 Å². The molecular formula is C22H26BrN3O3S. The molecular weight excluding hydrogens is 466 g/mol. The number of fused-ring (bicyclic) bond motifs is 1. The van der Waals surface area contributed by atoms with Gasteiger partial charge in [-0.3, -0.25) is 4.79 Å². The van der Waals surface area contributed by atoms with Crippen molar-refractivity contribution in [1.29, 1.82) is 0 Å². The molecule has 1 heterocycles. The van der Waals surface area contributed by atoms with Crippen molar-refractivity contribution in [2.24, 2.45) is 0 Å². The van der Waals surface area contributed by atoms with E-state index in [1.54, 1.807) is 26.0 Å². The van der Waals surface area contributed by atoms with Crippen LogP contribution < -0.4 is 10.0 Å². The number of nitrogens with zero attached hydrogens (tertiary/aromatic N) is 1. The van der Waals surface area contributed by atoms with Gasteiger partial charge in [0.15, 0.2) is 0 Å². The van der Waals surface area contributed by atoms with Gasteiger partial charge in [-0.05, 0) is 53.9 Å². The van der Waals surface area contributed by atoms with E-state index in [1.165, 1.54) is 0 Å². The van der Waals surface area contributed by atoms with Gasteiger partial charge < -0.3 is 9.88 Å². The van der Waals surface area contributed by atoms with E-state index in [0.29, 0.717) is 12.1 Å². The van der Waals surface area contributed by atoms with Gasteiger partial charge >= 0.3 is 0 Å². The van der Waals surface area contributed by atoms with Crippen LogP contribution in [0.5, 0.6) is 0 Å². The Morgan fingerprint density at radius 3 is 2.37 bits per heavy atom. The summed E-state index contributed by atoms with van der Waals surface area (Å²) in [6.07, 6.45) is 0. The lowest BCUT2D eigenvalue weighted by Gasteiger charge is -2.11. The molecule has 1 aromatic heterocycles. The molecule has 0 radical (unpaired) electrons. The highest BCUT2D eigenvalue weighted by Crippen LogP contribution is 2.30. The molecule has 3 rings (SSSR count). The lowest BCUT2D eigenvalue weighted by molar-refractivity contribution is -0.121. The normalized spacial score (nSPS) is 11.9. The fourth-order valence-corrected chi connectivity index (χ4v) is 5.35. The maximum Gasteiger partial charge on any atom is 0.240 e. The van der Waals surface area contributed by atoms with E-state index >= 15 is 0 Å². The summed E-state index contributed by atoms with van der Waals surface area (Å²) in [5, 5.41) is 4.02. The molecule has 0 aliphatic rings. The zero-order valence-electron chi connectivity index (χ0n) is 17.3. The summed E-state index contributed by atoms with van der Waals surface area (Å²) in [7, 11) is -3.35. The number of aromatic nitrogens is 1. The van der Waals surface area contributed by atoms with E-state index in [2.05, 4.69) is 26.0 Å². The lowest BCUT2D eigenvalue weighted by atomic mass is 10.1. The molecule has 6 nitrogen and oxygen atoms in total. The number of carbonyl (C=O) groups excluding carboxylic acids is 1. The highest BCUT2D eigenvalue weighted by atomic mass is 79.9. The van der Waals surface area contributed by atoms with Crippen molar-refractivity contribution >= 4 is 42.8 Å². The van der Waals surface area contributed by atoms with Crippen LogP contribution in [0.15, 0.2) is 53.0 Å². The number of carbonyl (C=O) groups is 1. The molecule has 2 N–H and O–H groups in total. The molecule has 0 fully saturated rings. The fraction of sp³-hybridized carbons (Fsp3) is 0.318. The van der Waals surface area contributed by atoms with Crippen molar-refractivity contribution in [3.63, 3.8) is 0 Å². The Morgan fingerprint density at radius 2 is 1.70 bits per heavy atom. The number of hydrogen-bond donors (Lipinski definition) is 2. The average molecular weight is 492 g/mol. The molecule has 0 saturated carbocycles. The van der Waals surface area contributed by atoms with Crippen molar-refractivity contribution in [2.45, 2.75) is 45.7 Å². The number of amides is 1.